The van der Waals surface area contributed by atoms with Crippen molar-refractivity contribution in [3.05, 3.63) is 68.7 Å². The van der Waals surface area contributed by atoms with Crippen LogP contribution in [-0.2, 0) is 10.4 Å². The second-order valence-electron chi connectivity index (χ2n) is 7.61. The highest BCUT2D eigenvalue weighted by Crippen LogP contribution is 2.38. The summed E-state index contributed by atoms with van der Waals surface area (Å²) >= 11 is 12.3. The highest BCUT2D eigenvalue weighted by Gasteiger charge is 2.37. The molecule has 0 saturated heterocycles. The van der Waals surface area contributed by atoms with Crippen molar-refractivity contribution in [2.24, 2.45) is 5.16 Å². The molecular formula is C23H25Cl2NO2. The maximum Gasteiger partial charge on any atom is 0.165 e. The molecule has 1 aliphatic heterocycles. The average molecular weight is 418 g/mol. The Morgan fingerprint density at radius 2 is 1.86 bits per heavy atom. The van der Waals surface area contributed by atoms with E-state index < -0.39 is 5.60 Å². The molecule has 2 aromatic rings. The molecule has 28 heavy (non-hydrogen) atoms. The third-order valence-electron chi connectivity index (χ3n) is 5.20. The third kappa shape index (κ3) is 4.59. The lowest BCUT2D eigenvalue weighted by molar-refractivity contribution is -0.00737. The topological polar surface area (TPSA) is 38.7 Å². The van der Waals surface area contributed by atoms with Crippen LogP contribution in [0.15, 0.2) is 41.6 Å². The molecule has 0 fully saturated rings. The van der Waals surface area contributed by atoms with Gasteiger partial charge in [-0.05, 0) is 55.7 Å². The van der Waals surface area contributed by atoms with Gasteiger partial charge in [0.25, 0.3) is 0 Å². The predicted molar refractivity (Wildman–Crippen MR) is 116 cm³/mol. The number of hydrogen-bond donors (Lipinski definition) is 0. The molecule has 0 spiro atoms. The Hall–Kier alpha value is -1.84. The fourth-order valence-corrected chi connectivity index (χ4v) is 4.06. The third-order valence-corrected chi connectivity index (χ3v) is 5.64. The fourth-order valence-electron chi connectivity index (χ4n) is 3.53. The van der Waals surface area contributed by atoms with Gasteiger partial charge in [-0.3, -0.25) is 4.79 Å². The quantitative estimate of drug-likeness (QED) is 0.355. The van der Waals surface area contributed by atoms with E-state index in [-0.39, 0.29) is 5.78 Å². The van der Waals surface area contributed by atoms with Crippen molar-refractivity contribution < 1.29 is 9.63 Å². The van der Waals surface area contributed by atoms with Gasteiger partial charge in [-0.2, -0.15) is 0 Å². The van der Waals surface area contributed by atoms with E-state index in [4.69, 9.17) is 28.0 Å². The molecule has 148 valence electrons. The number of hydrogen-bond acceptors (Lipinski definition) is 3. The van der Waals surface area contributed by atoms with Crippen molar-refractivity contribution in [3.63, 3.8) is 0 Å². The van der Waals surface area contributed by atoms with Crippen LogP contribution in [0.3, 0.4) is 0 Å². The molecule has 1 heterocycles. The molecular weight excluding hydrogens is 393 g/mol. The van der Waals surface area contributed by atoms with Crippen molar-refractivity contribution in [2.45, 2.75) is 58.5 Å². The number of benzene rings is 2. The second-order valence-corrected chi connectivity index (χ2v) is 8.48. The number of carbonyl (C=O) groups excluding carboxylic acids is 1. The van der Waals surface area contributed by atoms with Crippen LogP contribution in [0.5, 0.6) is 0 Å². The first-order chi connectivity index (χ1) is 13.3. The first-order valence-electron chi connectivity index (χ1n) is 9.68. The van der Waals surface area contributed by atoms with E-state index in [1.807, 2.05) is 44.2 Å². The van der Waals surface area contributed by atoms with Gasteiger partial charge in [0.1, 0.15) is 0 Å². The smallest absolute Gasteiger partial charge is 0.165 e. The number of rotatable bonds is 7. The lowest BCUT2D eigenvalue weighted by atomic mass is 9.88. The van der Waals surface area contributed by atoms with Gasteiger partial charge in [0, 0.05) is 34.0 Å². The summed E-state index contributed by atoms with van der Waals surface area (Å²) in [7, 11) is 0. The van der Waals surface area contributed by atoms with Gasteiger partial charge >= 0.3 is 0 Å². The minimum atomic E-state index is -0.619. The zero-order valence-corrected chi connectivity index (χ0v) is 18.0. The highest BCUT2D eigenvalue weighted by atomic mass is 35.5. The average Bonchev–Trinajstić information content (AvgIpc) is 3.04. The standard InChI is InChI=1S/C23H25Cl2NO2/c1-4-5-6-7-22(27)20-9-8-16(10-15(20)2)21-14-23(3,28-26-21)17-11-18(24)13-19(25)12-17/h8-13H,4-7,14H2,1-3H3. The molecule has 1 aliphatic rings. The van der Waals surface area contributed by atoms with Crippen LogP contribution in [0.4, 0.5) is 0 Å². The van der Waals surface area contributed by atoms with Crippen LogP contribution in [0.1, 0.15) is 73.0 Å². The highest BCUT2D eigenvalue weighted by molar-refractivity contribution is 6.34. The van der Waals surface area contributed by atoms with Gasteiger partial charge in [0.2, 0.25) is 0 Å². The van der Waals surface area contributed by atoms with E-state index >= 15 is 0 Å². The molecule has 0 aliphatic carbocycles. The molecule has 0 amide bonds. The normalized spacial score (nSPS) is 18.7. The van der Waals surface area contributed by atoms with Crippen LogP contribution in [0.25, 0.3) is 0 Å². The predicted octanol–water partition coefficient (Wildman–Crippen LogP) is 7.10. The van der Waals surface area contributed by atoms with Gasteiger partial charge in [-0.15, -0.1) is 0 Å². The molecule has 0 radical (unpaired) electrons. The number of Topliss-reactive ketones (excluding diaryl/α,β-unsaturated/α-hetero) is 1. The van der Waals surface area contributed by atoms with E-state index in [0.29, 0.717) is 22.9 Å². The minimum absolute atomic E-state index is 0.209. The first-order valence-corrected chi connectivity index (χ1v) is 10.4. The lowest BCUT2D eigenvalue weighted by Crippen LogP contribution is -2.22. The Kier molecular flexibility index (Phi) is 6.47. The van der Waals surface area contributed by atoms with Crippen molar-refractivity contribution >= 4 is 34.7 Å². The van der Waals surface area contributed by atoms with E-state index in [9.17, 15) is 4.79 Å². The van der Waals surface area contributed by atoms with Gasteiger partial charge in [-0.25, -0.2) is 0 Å². The van der Waals surface area contributed by atoms with Crippen molar-refractivity contribution in [1.29, 1.82) is 0 Å². The number of unbranched alkanes of at least 4 members (excludes halogenated alkanes) is 2. The molecule has 0 bridgehead atoms. The number of aryl methyl sites for hydroxylation is 1. The summed E-state index contributed by atoms with van der Waals surface area (Å²) in [4.78, 5) is 18.2. The number of halogens is 2. The molecule has 1 atom stereocenters. The van der Waals surface area contributed by atoms with Crippen LogP contribution in [0.2, 0.25) is 10.0 Å². The lowest BCUT2D eigenvalue weighted by Gasteiger charge is -2.22. The van der Waals surface area contributed by atoms with Crippen molar-refractivity contribution in [1.82, 2.24) is 0 Å². The molecule has 3 nitrogen and oxygen atoms in total. The van der Waals surface area contributed by atoms with Gasteiger partial charge < -0.3 is 4.84 Å². The summed E-state index contributed by atoms with van der Waals surface area (Å²) in [6.45, 7) is 6.09. The van der Waals surface area contributed by atoms with Crippen LogP contribution >= 0.6 is 23.2 Å². The number of oxime groups is 1. The maximum absolute atomic E-state index is 12.4. The largest absolute Gasteiger partial charge is 0.384 e. The molecule has 5 heteroatoms. The van der Waals surface area contributed by atoms with Gasteiger partial charge in [-0.1, -0.05) is 60.3 Å². The van der Waals surface area contributed by atoms with Gasteiger partial charge in [0.15, 0.2) is 11.4 Å². The monoisotopic (exact) mass is 417 g/mol. The summed E-state index contributed by atoms with van der Waals surface area (Å²) in [5.41, 5.74) is 3.87. The summed E-state index contributed by atoms with van der Waals surface area (Å²) in [6.07, 6.45) is 4.35. The van der Waals surface area contributed by atoms with E-state index in [2.05, 4.69) is 12.1 Å². The summed E-state index contributed by atoms with van der Waals surface area (Å²) in [5.74, 6) is 0.209. The molecule has 0 saturated carbocycles. The van der Waals surface area contributed by atoms with Crippen LogP contribution in [-0.4, -0.2) is 11.5 Å². The number of nitrogens with zero attached hydrogens (tertiary/aromatic N) is 1. The van der Waals surface area contributed by atoms with Crippen molar-refractivity contribution in [3.8, 4) is 0 Å². The summed E-state index contributed by atoms with van der Waals surface area (Å²) < 4.78 is 0. The first kappa shape index (κ1) is 20.9. The SMILES string of the molecule is CCCCCC(=O)c1ccc(C2=NOC(C)(c3cc(Cl)cc(Cl)c3)C2)cc1C. The molecule has 0 N–H and O–H groups in total. The molecule has 3 rings (SSSR count). The zero-order valence-electron chi connectivity index (χ0n) is 16.5. The van der Waals surface area contributed by atoms with E-state index in [1.165, 1.54) is 0 Å². The van der Waals surface area contributed by atoms with E-state index in [1.54, 1.807) is 6.07 Å². The Balaban J connectivity index is 1.76. The molecule has 2 aromatic carbocycles. The van der Waals surface area contributed by atoms with Crippen LogP contribution in [0, 0.1) is 6.92 Å². The van der Waals surface area contributed by atoms with Gasteiger partial charge in [0.05, 0.1) is 5.71 Å². The van der Waals surface area contributed by atoms with Crippen molar-refractivity contribution in [2.75, 3.05) is 0 Å². The summed E-state index contributed by atoms with van der Waals surface area (Å²) in [6, 6.07) is 11.3. The number of ketones is 1. The molecule has 0 aromatic heterocycles. The molecule has 1 unspecified atom stereocenters. The van der Waals surface area contributed by atoms with Crippen LogP contribution < -0.4 is 0 Å². The fraction of sp³-hybridized carbons (Fsp3) is 0.391. The Bertz CT molecular complexity index is 903. The zero-order chi connectivity index (χ0) is 20.3. The second kappa shape index (κ2) is 8.67. The number of carbonyl (C=O) groups is 1. The Morgan fingerprint density at radius 1 is 1.14 bits per heavy atom. The van der Waals surface area contributed by atoms with E-state index in [0.717, 1.165) is 47.2 Å². The Morgan fingerprint density at radius 3 is 2.50 bits per heavy atom. The Labute approximate surface area is 176 Å². The maximum atomic E-state index is 12.4. The summed E-state index contributed by atoms with van der Waals surface area (Å²) in [5, 5.41) is 5.46. The minimum Gasteiger partial charge on any atom is -0.384 e.